The number of nitrogens with two attached hydrogens (primary N) is 1. The molecule has 2 rings (SSSR count). The first-order chi connectivity index (χ1) is 14.5. The van der Waals surface area contributed by atoms with Crippen molar-refractivity contribution in [1.82, 2.24) is 5.32 Å². The molecule has 2 aromatic carbocycles. The lowest BCUT2D eigenvalue weighted by Gasteiger charge is -2.26. The molecule has 0 fully saturated rings. The SMILES string of the molecule is CN=C(N)NCCCCCCN(C(=N)CNc1ccc(Cl)cc1)c1ccc(Cl)cc1. The van der Waals surface area contributed by atoms with Crippen LogP contribution >= 0.6 is 23.2 Å². The Kier molecular flexibility index (Phi) is 10.3. The standard InChI is InChI=1S/C22H30Cl2N6/c1-27-22(26)28-14-4-2-3-5-15-30(20-12-8-18(24)9-13-20)21(25)16-29-19-10-6-17(23)7-11-19/h6-13,25,29H,2-5,14-16H2,1H3,(H3,26,27,28). The zero-order chi connectivity index (χ0) is 21.8. The molecular weight excluding hydrogens is 419 g/mol. The van der Waals surface area contributed by atoms with E-state index in [9.17, 15) is 0 Å². The van der Waals surface area contributed by atoms with Crippen molar-refractivity contribution < 1.29 is 0 Å². The maximum Gasteiger partial charge on any atom is 0.188 e. The van der Waals surface area contributed by atoms with Crippen LogP contribution in [-0.4, -0.2) is 38.5 Å². The van der Waals surface area contributed by atoms with Crippen LogP contribution in [0.3, 0.4) is 0 Å². The number of rotatable bonds is 11. The lowest BCUT2D eigenvalue weighted by Crippen LogP contribution is -2.36. The highest BCUT2D eigenvalue weighted by Gasteiger charge is 2.12. The van der Waals surface area contributed by atoms with Gasteiger partial charge in [-0.2, -0.15) is 0 Å². The van der Waals surface area contributed by atoms with Crippen molar-refractivity contribution >= 4 is 46.4 Å². The molecule has 0 aliphatic rings. The Morgan fingerprint density at radius 1 is 0.967 bits per heavy atom. The summed E-state index contributed by atoms with van der Waals surface area (Å²) < 4.78 is 0. The summed E-state index contributed by atoms with van der Waals surface area (Å²) in [6, 6.07) is 15.1. The third-order valence-corrected chi connectivity index (χ3v) is 5.13. The fourth-order valence-corrected chi connectivity index (χ4v) is 3.19. The van der Waals surface area contributed by atoms with E-state index in [0.717, 1.165) is 50.1 Å². The van der Waals surface area contributed by atoms with E-state index in [4.69, 9.17) is 34.3 Å². The van der Waals surface area contributed by atoms with Crippen LogP contribution in [0.2, 0.25) is 10.0 Å². The van der Waals surface area contributed by atoms with Crippen molar-refractivity contribution in [2.75, 3.05) is 36.9 Å². The van der Waals surface area contributed by atoms with Crippen LogP contribution in [0.15, 0.2) is 53.5 Å². The van der Waals surface area contributed by atoms with E-state index in [1.54, 1.807) is 7.05 Å². The molecule has 8 heteroatoms. The van der Waals surface area contributed by atoms with E-state index >= 15 is 0 Å². The van der Waals surface area contributed by atoms with E-state index in [1.807, 2.05) is 53.4 Å². The smallest absolute Gasteiger partial charge is 0.188 e. The molecule has 0 radical (unpaired) electrons. The number of halogens is 2. The van der Waals surface area contributed by atoms with Crippen LogP contribution in [0.4, 0.5) is 11.4 Å². The number of benzene rings is 2. The van der Waals surface area contributed by atoms with Gasteiger partial charge in [-0.1, -0.05) is 36.0 Å². The summed E-state index contributed by atoms with van der Waals surface area (Å²) >= 11 is 12.0. The molecule has 0 saturated heterocycles. The highest BCUT2D eigenvalue weighted by atomic mass is 35.5. The van der Waals surface area contributed by atoms with Crippen LogP contribution in [0.25, 0.3) is 0 Å². The Morgan fingerprint density at radius 3 is 2.20 bits per heavy atom. The van der Waals surface area contributed by atoms with Gasteiger partial charge < -0.3 is 21.3 Å². The third-order valence-electron chi connectivity index (χ3n) is 4.62. The van der Waals surface area contributed by atoms with Crippen molar-refractivity contribution in [1.29, 1.82) is 5.41 Å². The van der Waals surface area contributed by atoms with E-state index in [0.29, 0.717) is 28.4 Å². The van der Waals surface area contributed by atoms with Crippen LogP contribution in [-0.2, 0) is 0 Å². The molecule has 0 aromatic heterocycles. The fourth-order valence-electron chi connectivity index (χ4n) is 2.93. The highest BCUT2D eigenvalue weighted by molar-refractivity contribution is 6.31. The average molecular weight is 449 g/mol. The van der Waals surface area contributed by atoms with Crippen molar-refractivity contribution in [2.24, 2.45) is 10.7 Å². The number of hydrogen-bond donors (Lipinski definition) is 4. The minimum absolute atomic E-state index is 0.420. The Labute approximate surface area is 189 Å². The number of anilines is 2. The zero-order valence-corrected chi connectivity index (χ0v) is 18.8. The molecule has 0 heterocycles. The van der Waals surface area contributed by atoms with Gasteiger partial charge in [0.05, 0.1) is 6.54 Å². The minimum Gasteiger partial charge on any atom is -0.378 e. The molecule has 0 bridgehead atoms. The van der Waals surface area contributed by atoms with Crippen LogP contribution in [0, 0.1) is 5.41 Å². The van der Waals surface area contributed by atoms with Crippen LogP contribution in [0.5, 0.6) is 0 Å². The first kappa shape index (κ1) is 23.8. The number of hydrogen-bond acceptors (Lipinski definition) is 3. The van der Waals surface area contributed by atoms with Gasteiger partial charge in [0.1, 0.15) is 5.84 Å². The molecule has 0 saturated carbocycles. The van der Waals surface area contributed by atoms with Gasteiger partial charge in [0.2, 0.25) is 0 Å². The van der Waals surface area contributed by atoms with Gasteiger partial charge in [-0.25, -0.2) is 0 Å². The summed E-state index contributed by atoms with van der Waals surface area (Å²) in [5, 5.41) is 16.3. The monoisotopic (exact) mass is 448 g/mol. The van der Waals surface area contributed by atoms with Crippen molar-refractivity contribution in [3.63, 3.8) is 0 Å². The quantitative estimate of drug-likeness (QED) is 0.221. The van der Waals surface area contributed by atoms with Gasteiger partial charge >= 0.3 is 0 Å². The number of nitrogens with zero attached hydrogens (tertiary/aromatic N) is 2. The summed E-state index contributed by atoms with van der Waals surface area (Å²) in [5.74, 6) is 0.978. The van der Waals surface area contributed by atoms with Crippen LogP contribution in [0.1, 0.15) is 25.7 Å². The van der Waals surface area contributed by atoms with E-state index < -0.39 is 0 Å². The Bertz CT molecular complexity index is 805. The van der Waals surface area contributed by atoms with E-state index in [2.05, 4.69) is 15.6 Å². The molecule has 0 unspecified atom stereocenters. The summed E-state index contributed by atoms with van der Waals surface area (Å²) in [4.78, 5) is 5.91. The molecule has 2 aromatic rings. The van der Waals surface area contributed by atoms with Gasteiger partial charge in [0, 0.05) is 41.6 Å². The largest absolute Gasteiger partial charge is 0.378 e. The normalized spacial score (nSPS) is 11.2. The highest BCUT2D eigenvalue weighted by Crippen LogP contribution is 2.20. The predicted molar refractivity (Wildman–Crippen MR) is 130 cm³/mol. The molecule has 5 N–H and O–H groups in total. The number of amidine groups is 1. The molecule has 6 nitrogen and oxygen atoms in total. The molecule has 0 aliphatic heterocycles. The van der Waals surface area contributed by atoms with Gasteiger partial charge in [-0.3, -0.25) is 10.4 Å². The number of guanidine groups is 1. The summed E-state index contributed by atoms with van der Waals surface area (Å²) in [6.07, 6.45) is 4.19. The lowest BCUT2D eigenvalue weighted by atomic mass is 10.1. The Morgan fingerprint density at radius 2 is 1.57 bits per heavy atom. The Hall–Kier alpha value is -2.44. The second-order valence-corrected chi connectivity index (χ2v) is 7.76. The van der Waals surface area contributed by atoms with Crippen LogP contribution < -0.4 is 21.3 Å². The topological polar surface area (TPSA) is 89.5 Å². The first-order valence-electron chi connectivity index (χ1n) is 10.1. The maximum absolute atomic E-state index is 8.61. The van der Waals surface area contributed by atoms with Gasteiger partial charge in [-0.05, 0) is 61.4 Å². The molecule has 0 aliphatic carbocycles. The first-order valence-corrected chi connectivity index (χ1v) is 10.8. The second-order valence-electron chi connectivity index (χ2n) is 6.89. The second kappa shape index (κ2) is 13.0. The average Bonchev–Trinajstić information content (AvgIpc) is 2.75. The number of unbranched alkanes of at least 4 members (excludes halogenated alkanes) is 3. The van der Waals surface area contributed by atoms with E-state index in [-0.39, 0.29) is 0 Å². The molecule has 0 spiro atoms. The number of nitrogens with one attached hydrogen (secondary N) is 3. The Balaban J connectivity index is 1.86. The molecule has 30 heavy (non-hydrogen) atoms. The van der Waals surface area contributed by atoms with Gasteiger partial charge in [0.25, 0.3) is 0 Å². The van der Waals surface area contributed by atoms with Gasteiger partial charge in [0.15, 0.2) is 5.96 Å². The lowest BCUT2D eigenvalue weighted by molar-refractivity contribution is 0.633. The molecular formula is C22H30Cl2N6. The predicted octanol–water partition coefficient (Wildman–Crippen LogP) is 4.98. The minimum atomic E-state index is 0.420. The zero-order valence-electron chi connectivity index (χ0n) is 17.3. The number of aliphatic imine (C=N–C) groups is 1. The summed E-state index contributed by atoms with van der Waals surface area (Å²) in [7, 11) is 1.67. The fraction of sp³-hybridized carbons (Fsp3) is 0.364. The maximum atomic E-state index is 8.61. The third kappa shape index (κ3) is 8.51. The summed E-state index contributed by atoms with van der Waals surface area (Å²) in [6.45, 7) is 2.02. The summed E-state index contributed by atoms with van der Waals surface area (Å²) in [5.41, 5.74) is 7.53. The van der Waals surface area contributed by atoms with E-state index in [1.165, 1.54) is 0 Å². The molecule has 162 valence electrons. The molecule has 0 amide bonds. The van der Waals surface area contributed by atoms with Crippen molar-refractivity contribution in [3.05, 3.63) is 58.6 Å². The van der Waals surface area contributed by atoms with Crippen molar-refractivity contribution in [2.45, 2.75) is 25.7 Å². The molecule has 0 atom stereocenters. The van der Waals surface area contributed by atoms with Crippen molar-refractivity contribution in [3.8, 4) is 0 Å². The van der Waals surface area contributed by atoms with Gasteiger partial charge in [-0.15, -0.1) is 0 Å².